The van der Waals surface area contributed by atoms with Crippen LogP contribution in [0.4, 0.5) is 5.82 Å². The highest BCUT2D eigenvalue weighted by atomic mass is 32.1. The molecule has 0 aliphatic carbocycles. The third-order valence-corrected chi connectivity index (χ3v) is 6.82. The summed E-state index contributed by atoms with van der Waals surface area (Å²) < 4.78 is 5.47. The molecule has 2 aliphatic rings. The van der Waals surface area contributed by atoms with Crippen molar-refractivity contribution in [1.82, 2.24) is 19.8 Å². The van der Waals surface area contributed by atoms with E-state index in [0.717, 1.165) is 82.0 Å². The fourth-order valence-corrected chi connectivity index (χ4v) is 5.09. The first-order valence-corrected chi connectivity index (χ1v) is 11.0. The molecule has 154 valence electrons. The van der Waals surface area contributed by atoms with E-state index in [1.807, 2.05) is 6.92 Å². The summed E-state index contributed by atoms with van der Waals surface area (Å²) in [5, 5.41) is 10.9. The molecule has 4 heterocycles. The average Bonchev–Trinajstić information content (AvgIpc) is 2.96. The van der Waals surface area contributed by atoms with Gasteiger partial charge in [-0.3, -0.25) is 9.80 Å². The predicted molar refractivity (Wildman–Crippen MR) is 113 cm³/mol. The zero-order valence-corrected chi connectivity index (χ0v) is 18.0. The molecule has 1 unspecified atom stereocenters. The number of ether oxygens (including phenoxy) is 1. The van der Waals surface area contributed by atoms with Gasteiger partial charge >= 0.3 is 0 Å². The van der Waals surface area contributed by atoms with Crippen molar-refractivity contribution in [2.24, 2.45) is 0 Å². The third kappa shape index (κ3) is 4.31. The number of nitrogens with zero attached hydrogens (tertiary/aromatic N) is 5. The summed E-state index contributed by atoms with van der Waals surface area (Å²) in [4.78, 5) is 19.5. The fraction of sp³-hybridized carbons (Fsp3) is 0.700. The predicted octanol–water partition coefficient (Wildman–Crippen LogP) is 1.64. The van der Waals surface area contributed by atoms with Crippen molar-refractivity contribution in [3.63, 3.8) is 0 Å². The Kier molecular flexibility index (Phi) is 6.13. The van der Waals surface area contributed by atoms with Crippen LogP contribution < -0.4 is 4.90 Å². The number of aliphatic hydroxyl groups is 1. The van der Waals surface area contributed by atoms with E-state index in [0.29, 0.717) is 0 Å². The van der Waals surface area contributed by atoms with Crippen LogP contribution in [0.3, 0.4) is 0 Å². The van der Waals surface area contributed by atoms with Crippen LogP contribution in [-0.2, 0) is 11.3 Å². The maximum Gasteiger partial charge on any atom is 0.146 e. The molecule has 0 spiro atoms. The van der Waals surface area contributed by atoms with Crippen molar-refractivity contribution in [3.05, 3.63) is 16.3 Å². The summed E-state index contributed by atoms with van der Waals surface area (Å²) >= 11 is 1.78. The smallest absolute Gasteiger partial charge is 0.146 e. The van der Waals surface area contributed by atoms with Gasteiger partial charge in [-0.2, -0.15) is 0 Å². The standard InChI is InChI=1S/C20H31N5O2S/c1-14(26)12-23-4-6-25(7-5-23)19-18-15(2)16(3)28-20(18)22-17(21-19)13-24-8-10-27-11-9-24/h14,26H,4-13H2,1-3H3. The molecule has 2 aliphatic heterocycles. The van der Waals surface area contributed by atoms with Gasteiger partial charge in [-0.1, -0.05) is 0 Å². The van der Waals surface area contributed by atoms with Crippen LogP contribution >= 0.6 is 11.3 Å². The molecule has 0 saturated carbocycles. The zero-order valence-electron chi connectivity index (χ0n) is 17.1. The first-order chi connectivity index (χ1) is 13.5. The van der Waals surface area contributed by atoms with Gasteiger partial charge in [-0.25, -0.2) is 9.97 Å². The van der Waals surface area contributed by atoms with Crippen LogP contribution in [0.15, 0.2) is 0 Å². The van der Waals surface area contributed by atoms with Crippen molar-refractivity contribution in [2.75, 3.05) is 63.9 Å². The lowest BCUT2D eigenvalue weighted by molar-refractivity contribution is 0.0331. The number of aliphatic hydroxyl groups excluding tert-OH is 1. The Morgan fingerprint density at radius 1 is 1.04 bits per heavy atom. The number of fused-ring (bicyclic) bond motifs is 1. The number of β-amino-alcohol motifs (C(OH)–C–C–N with tert-alkyl or cyclic N) is 1. The lowest BCUT2D eigenvalue weighted by Crippen LogP contribution is -2.48. The van der Waals surface area contributed by atoms with Gasteiger partial charge in [0.05, 0.1) is 31.2 Å². The van der Waals surface area contributed by atoms with E-state index in [2.05, 4.69) is 28.5 Å². The number of anilines is 1. The first kappa shape index (κ1) is 20.0. The average molecular weight is 406 g/mol. The highest BCUT2D eigenvalue weighted by Gasteiger charge is 2.24. The molecular formula is C20H31N5O2S. The minimum Gasteiger partial charge on any atom is -0.392 e. The molecule has 1 N–H and O–H groups in total. The lowest BCUT2D eigenvalue weighted by Gasteiger charge is -2.36. The molecule has 28 heavy (non-hydrogen) atoms. The number of morpholine rings is 1. The number of aromatic nitrogens is 2. The normalized spacial score (nSPS) is 20.8. The van der Waals surface area contributed by atoms with Gasteiger partial charge in [0.2, 0.25) is 0 Å². The van der Waals surface area contributed by atoms with Crippen molar-refractivity contribution < 1.29 is 9.84 Å². The van der Waals surface area contributed by atoms with E-state index in [-0.39, 0.29) is 6.10 Å². The van der Waals surface area contributed by atoms with Crippen molar-refractivity contribution in [1.29, 1.82) is 0 Å². The number of thiophene rings is 1. The number of rotatable bonds is 5. The summed E-state index contributed by atoms with van der Waals surface area (Å²) in [5.74, 6) is 2.00. The van der Waals surface area contributed by atoms with Crippen molar-refractivity contribution in [3.8, 4) is 0 Å². The number of aryl methyl sites for hydroxylation is 2. The van der Waals surface area contributed by atoms with Gasteiger partial charge in [0.1, 0.15) is 16.5 Å². The Morgan fingerprint density at radius 3 is 2.43 bits per heavy atom. The summed E-state index contributed by atoms with van der Waals surface area (Å²) in [7, 11) is 0. The number of hydrogen-bond donors (Lipinski definition) is 1. The van der Waals surface area contributed by atoms with Crippen molar-refractivity contribution in [2.45, 2.75) is 33.4 Å². The SMILES string of the molecule is Cc1sc2nc(CN3CCOCC3)nc(N3CCN(CC(C)O)CC3)c2c1C. The summed E-state index contributed by atoms with van der Waals surface area (Å²) in [5.41, 5.74) is 1.30. The van der Waals surface area contributed by atoms with Crippen LogP contribution in [0.2, 0.25) is 0 Å². The molecule has 2 fully saturated rings. The molecule has 2 aromatic heterocycles. The Morgan fingerprint density at radius 2 is 1.75 bits per heavy atom. The van der Waals surface area contributed by atoms with Crippen LogP contribution in [0.25, 0.3) is 10.2 Å². The number of piperazine rings is 1. The van der Waals surface area contributed by atoms with Crippen LogP contribution in [0.5, 0.6) is 0 Å². The Hall–Kier alpha value is -1.32. The second-order valence-electron chi connectivity index (χ2n) is 7.95. The maximum absolute atomic E-state index is 9.67. The Balaban J connectivity index is 1.60. The number of hydrogen-bond acceptors (Lipinski definition) is 8. The van der Waals surface area contributed by atoms with Crippen molar-refractivity contribution >= 4 is 27.4 Å². The van der Waals surface area contributed by atoms with E-state index in [1.165, 1.54) is 15.8 Å². The quantitative estimate of drug-likeness (QED) is 0.811. The minimum absolute atomic E-state index is 0.279. The van der Waals surface area contributed by atoms with Gasteiger partial charge in [0.25, 0.3) is 0 Å². The molecule has 0 aromatic carbocycles. The first-order valence-electron chi connectivity index (χ1n) is 10.2. The molecule has 0 bridgehead atoms. The van der Waals surface area contributed by atoms with Gasteiger partial charge < -0.3 is 14.7 Å². The highest BCUT2D eigenvalue weighted by Crippen LogP contribution is 2.35. The summed E-state index contributed by atoms with van der Waals surface area (Å²) in [6.07, 6.45) is -0.279. The molecule has 0 radical (unpaired) electrons. The van der Waals surface area contributed by atoms with E-state index in [9.17, 15) is 5.11 Å². The van der Waals surface area contributed by atoms with Crippen LogP contribution in [0, 0.1) is 13.8 Å². The molecule has 2 saturated heterocycles. The summed E-state index contributed by atoms with van der Waals surface area (Å²) in [6.45, 7) is 15.0. The fourth-order valence-electron chi connectivity index (χ4n) is 4.05. The Labute approximate surface area is 170 Å². The second kappa shape index (κ2) is 8.59. The third-order valence-electron chi connectivity index (χ3n) is 5.72. The molecule has 0 amide bonds. The molecule has 8 heteroatoms. The van der Waals surface area contributed by atoms with E-state index in [1.54, 1.807) is 11.3 Å². The second-order valence-corrected chi connectivity index (χ2v) is 9.16. The Bertz CT molecular complexity index is 811. The molecular weight excluding hydrogens is 374 g/mol. The van der Waals surface area contributed by atoms with E-state index < -0.39 is 0 Å². The molecule has 2 aromatic rings. The van der Waals surface area contributed by atoms with Gasteiger partial charge in [0, 0.05) is 50.7 Å². The maximum atomic E-state index is 9.67. The highest BCUT2D eigenvalue weighted by molar-refractivity contribution is 7.18. The van der Waals surface area contributed by atoms with Gasteiger partial charge in [0.15, 0.2) is 0 Å². The molecule has 1 atom stereocenters. The topological polar surface area (TPSA) is 65.0 Å². The lowest BCUT2D eigenvalue weighted by atomic mass is 10.2. The van der Waals surface area contributed by atoms with Gasteiger partial charge in [-0.05, 0) is 26.3 Å². The minimum atomic E-state index is -0.279. The van der Waals surface area contributed by atoms with Crippen LogP contribution in [0.1, 0.15) is 23.2 Å². The monoisotopic (exact) mass is 405 g/mol. The van der Waals surface area contributed by atoms with E-state index in [4.69, 9.17) is 14.7 Å². The largest absolute Gasteiger partial charge is 0.392 e. The summed E-state index contributed by atoms with van der Waals surface area (Å²) in [6, 6.07) is 0. The molecule has 7 nitrogen and oxygen atoms in total. The van der Waals surface area contributed by atoms with Crippen LogP contribution in [-0.4, -0.2) is 90.0 Å². The zero-order chi connectivity index (χ0) is 19.7. The van der Waals surface area contributed by atoms with E-state index >= 15 is 0 Å². The molecule has 4 rings (SSSR count). The van der Waals surface area contributed by atoms with Gasteiger partial charge in [-0.15, -0.1) is 11.3 Å².